The Kier molecular flexibility index (Phi) is 4.58. The summed E-state index contributed by atoms with van der Waals surface area (Å²) in [5, 5.41) is 3.00. The normalized spacial score (nSPS) is 31.9. The fourth-order valence-electron chi connectivity index (χ4n) is 6.70. The zero-order chi connectivity index (χ0) is 22.9. The van der Waals surface area contributed by atoms with E-state index in [2.05, 4.69) is 17.5 Å². The van der Waals surface area contributed by atoms with E-state index in [1.807, 2.05) is 62.4 Å². The number of aryl methyl sites for hydroxylation is 2. The third-order valence-electron chi connectivity index (χ3n) is 8.07. The van der Waals surface area contributed by atoms with Crippen LogP contribution in [0, 0.1) is 49.4 Å². The van der Waals surface area contributed by atoms with Crippen molar-refractivity contribution in [3.05, 3.63) is 77.4 Å². The number of benzene rings is 2. The molecule has 5 aliphatic rings. The Bertz CT molecular complexity index is 1130. The molecule has 1 aliphatic heterocycles. The Balaban J connectivity index is 1.34. The van der Waals surface area contributed by atoms with Crippen LogP contribution in [0.4, 0.5) is 5.69 Å². The number of hydrogen-bond donors (Lipinski definition) is 1. The second-order valence-electron chi connectivity index (χ2n) is 10.3. The van der Waals surface area contributed by atoms with Gasteiger partial charge >= 0.3 is 0 Å². The first-order chi connectivity index (χ1) is 15.9. The summed E-state index contributed by atoms with van der Waals surface area (Å²) < 4.78 is 0. The first-order valence-electron chi connectivity index (χ1n) is 11.9. The molecule has 1 heterocycles. The van der Waals surface area contributed by atoms with Crippen molar-refractivity contribution < 1.29 is 14.4 Å². The standard InChI is InChI=1S/C28H28N2O3/c1-15-10-16(2)12-18(11-15)29-26(31)23(13-17-6-4-3-5-7-17)30-27(32)24-19-8-9-20(22-14-21(19)22)25(24)28(30)33/h3-12,19-25H,13-14H2,1-2H3,(H,29,31)/t19-,20-,21-,22-,23-,24+,25+/m1/s1. The van der Waals surface area contributed by atoms with Crippen molar-refractivity contribution in [2.24, 2.45) is 35.5 Å². The van der Waals surface area contributed by atoms with Crippen LogP contribution in [0.3, 0.4) is 0 Å². The Morgan fingerprint density at radius 3 is 2.09 bits per heavy atom. The van der Waals surface area contributed by atoms with Gasteiger partial charge in [-0.1, -0.05) is 48.6 Å². The number of hydrogen-bond acceptors (Lipinski definition) is 3. The number of nitrogens with zero attached hydrogens (tertiary/aromatic N) is 1. The summed E-state index contributed by atoms with van der Waals surface area (Å²) in [6.07, 6.45) is 5.76. The van der Waals surface area contributed by atoms with Gasteiger partial charge in [0.25, 0.3) is 0 Å². The fourth-order valence-corrected chi connectivity index (χ4v) is 6.70. The van der Waals surface area contributed by atoms with Crippen LogP contribution < -0.4 is 5.32 Å². The summed E-state index contributed by atoms with van der Waals surface area (Å²) >= 11 is 0. The van der Waals surface area contributed by atoms with E-state index in [1.54, 1.807) is 0 Å². The van der Waals surface area contributed by atoms with Crippen molar-refractivity contribution in [1.29, 1.82) is 0 Å². The molecule has 7 atom stereocenters. The van der Waals surface area contributed by atoms with E-state index >= 15 is 0 Å². The second-order valence-corrected chi connectivity index (χ2v) is 10.3. The molecule has 0 radical (unpaired) electrons. The summed E-state index contributed by atoms with van der Waals surface area (Å²) in [6, 6.07) is 14.6. The van der Waals surface area contributed by atoms with Gasteiger partial charge in [0, 0.05) is 12.1 Å². The lowest BCUT2D eigenvalue weighted by molar-refractivity contribution is -0.146. The van der Waals surface area contributed by atoms with E-state index in [9.17, 15) is 14.4 Å². The maximum absolute atomic E-state index is 13.7. The van der Waals surface area contributed by atoms with Crippen molar-refractivity contribution >= 4 is 23.4 Å². The summed E-state index contributed by atoms with van der Waals surface area (Å²) in [4.78, 5) is 42.3. The Morgan fingerprint density at radius 2 is 1.52 bits per heavy atom. The van der Waals surface area contributed by atoms with Crippen molar-refractivity contribution in [1.82, 2.24) is 4.90 Å². The Morgan fingerprint density at radius 1 is 0.939 bits per heavy atom. The van der Waals surface area contributed by atoms with Gasteiger partial charge in [-0.25, -0.2) is 0 Å². The van der Waals surface area contributed by atoms with Gasteiger partial charge < -0.3 is 5.32 Å². The molecule has 3 fully saturated rings. The fraction of sp³-hybridized carbons (Fsp3) is 0.393. The molecular weight excluding hydrogens is 412 g/mol. The van der Waals surface area contributed by atoms with Gasteiger partial charge in [-0.15, -0.1) is 0 Å². The smallest absolute Gasteiger partial charge is 0.248 e. The summed E-state index contributed by atoms with van der Waals surface area (Å²) in [7, 11) is 0. The molecular formula is C28H28N2O3. The van der Waals surface area contributed by atoms with Crippen LogP contribution in [-0.2, 0) is 20.8 Å². The topological polar surface area (TPSA) is 66.5 Å². The number of allylic oxidation sites excluding steroid dienone is 2. The number of amides is 3. The summed E-state index contributed by atoms with van der Waals surface area (Å²) in [5.74, 6) is 0.126. The maximum atomic E-state index is 13.7. The number of rotatable bonds is 5. The van der Waals surface area contributed by atoms with Crippen LogP contribution in [0.25, 0.3) is 0 Å². The van der Waals surface area contributed by atoms with Crippen LogP contribution in [0.5, 0.6) is 0 Å². The number of carbonyl (C=O) groups is 3. The molecule has 7 rings (SSSR count). The van der Waals surface area contributed by atoms with E-state index in [1.165, 1.54) is 4.90 Å². The van der Waals surface area contributed by atoms with E-state index < -0.39 is 6.04 Å². The monoisotopic (exact) mass is 440 g/mol. The Labute approximate surface area is 193 Å². The minimum absolute atomic E-state index is 0.145. The first kappa shape index (κ1) is 20.4. The SMILES string of the molecule is Cc1cc(C)cc(NC(=O)[C@@H](Cc2ccccc2)N2C(=O)[C@H]3[C@@H]4C=C[C@H]([C@H]5C[C@H]45)[C@@H]3C2=O)c1. The largest absolute Gasteiger partial charge is 0.324 e. The van der Waals surface area contributed by atoms with Gasteiger partial charge in [-0.2, -0.15) is 0 Å². The molecule has 5 nitrogen and oxygen atoms in total. The van der Waals surface area contributed by atoms with Gasteiger partial charge in [0.2, 0.25) is 17.7 Å². The number of carbonyl (C=O) groups excluding carboxylic acids is 3. The number of imide groups is 1. The maximum Gasteiger partial charge on any atom is 0.248 e. The van der Waals surface area contributed by atoms with Crippen molar-refractivity contribution in [2.75, 3.05) is 5.32 Å². The summed E-state index contributed by atoms with van der Waals surface area (Å²) in [5.41, 5.74) is 3.71. The van der Waals surface area contributed by atoms with E-state index in [4.69, 9.17) is 0 Å². The molecule has 2 saturated carbocycles. The molecule has 168 valence electrons. The van der Waals surface area contributed by atoms with Crippen molar-refractivity contribution in [2.45, 2.75) is 32.7 Å². The molecule has 33 heavy (non-hydrogen) atoms. The zero-order valence-electron chi connectivity index (χ0n) is 18.9. The lowest BCUT2D eigenvalue weighted by Crippen LogP contribution is -2.49. The molecule has 1 saturated heterocycles. The van der Waals surface area contributed by atoms with E-state index in [-0.39, 0.29) is 41.4 Å². The molecule has 0 aromatic heterocycles. The predicted molar refractivity (Wildman–Crippen MR) is 125 cm³/mol. The van der Waals surface area contributed by atoms with E-state index in [0.29, 0.717) is 23.9 Å². The minimum Gasteiger partial charge on any atom is -0.324 e. The highest BCUT2D eigenvalue weighted by Gasteiger charge is 2.67. The van der Waals surface area contributed by atoms with Crippen LogP contribution in [0.2, 0.25) is 0 Å². The average molecular weight is 441 g/mol. The third kappa shape index (κ3) is 3.25. The van der Waals surface area contributed by atoms with Crippen LogP contribution >= 0.6 is 0 Å². The molecule has 4 aliphatic carbocycles. The number of nitrogens with one attached hydrogen (secondary N) is 1. The van der Waals surface area contributed by atoms with Gasteiger partial charge in [0.15, 0.2) is 0 Å². The lowest BCUT2D eigenvalue weighted by Gasteiger charge is -2.37. The van der Waals surface area contributed by atoms with Crippen LogP contribution in [0.15, 0.2) is 60.7 Å². The molecule has 2 aromatic carbocycles. The Hall–Kier alpha value is -3.21. The first-order valence-corrected chi connectivity index (χ1v) is 11.9. The zero-order valence-corrected chi connectivity index (χ0v) is 18.9. The van der Waals surface area contributed by atoms with Gasteiger partial charge in [-0.3, -0.25) is 19.3 Å². The van der Waals surface area contributed by atoms with Crippen molar-refractivity contribution in [3.63, 3.8) is 0 Å². The van der Waals surface area contributed by atoms with Gasteiger partial charge in [-0.05, 0) is 72.8 Å². The predicted octanol–water partition coefficient (Wildman–Crippen LogP) is 3.91. The average Bonchev–Trinajstić information content (AvgIpc) is 3.56. The summed E-state index contributed by atoms with van der Waals surface area (Å²) in [6.45, 7) is 3.97. The van der Waals surface area contributed by atoms with Crippen molar-refractivity contribution in [3.8, 4) is 0 Å². The highest BCUT2D eigenvalue weighted by atomic mass is 16.2. The molecule has 2 aromatic rings. The third-order valence-corrected chi connectivity index (χ3v) is 8.07. The molecule has 5 heteroatoms. The quantitative estimate of drug-likeness (QED) is 0.566. The van der Waals surface area contributed by atoms with Crippen LogP contribution in [-0.4, -0.2) is 28.7 Å². The number of likely N-dealkylation sites (tertiary alicyclic amines) is 1. The van der Waals surface area contributed by atoms with E-state index in [0.717, 1.165) is 23.1 Å². The van der Waals surface area contributed by atoms with Gasteiger partial charge in [0.05, 0.1) is 11.8 Å². The highest BCUT2D eigenvalue weighted by molar-refractivity contribution is 6.10. The molecule has 0 spiro atoms. The lowest BCUT2D eigenvalue weighted by atomic mass is 9.63. The minimum atomic E-state index is -0.866. The highest BCUT2D eigenvalue weighted by Crippen LogP contribution is 2.65. The molecule has 0 unspecified atom stereocenters. The van der Waals surface area contributed by atoms with Gasteiger partial charge in [0.1, 0.15) is 6.04 Å². The molecule has 1 N–H and O–H groups in total. The number of anilines is 1. The second kappa shape index (κ2) is 7.41. The molecule has 2 bridgehead atoms. The van der Waals surface area contributed by atoms with Crippen LogP contribution in [0.1, 0.15) is 23.1 Å². The molecule has 3 amide bonds.